The molecule has 4 rings (SSSR count). The van der Waals surface area contributed by atoms with Crippen molar-refractivity contribution in [2.75, 3.05) is 11.2 Å². The minimum absolute atomic E-state index is 0.179. The van der Waals surface area contributed by atoms with Gasteiger partial charge in [0.2, 0.25) is 0 Å². The van der Waals surface area contributed by atoms with Gasteiger partial charge < -0.3 is 4.74 Å². The average Bonchev–Trinajstić information content (AvgIpc) is 2.73. The molecule has 0 saturated carbocycles. The van der Waals surface area contributed by atoms with E-state index in [9.17, 15) is 9.00 Å². The predicted molar refractivity (Wildman–Crippen MR) is 111 cm³/mol. The third-order valence-corrected chi connectivity index (χ3v) is 6.54. The molecule has 0 spiro atoms. The largest absolute Gasteiger partial charge is 0.360 e. The van der Waals surface area contributed by atoms with Gasteiger partial charge >= 0.3 is 0 Å². The van der Waals surface area contributed by atoms with Crippen LogP contribution in [0.25, 0.3) is 0 Å². The summed E-state index contributed by atoms with van der Waals surface area (Å²) in [5, 5.41) is 0. The van der Waals surface area contributed by atoms with Gasteiger partial charge in [0.05, 0.1) is 17.4 Å². The molecule has 0 N–H and O–H groups in total. The minimum Gasteiger partial charge on any atom is -0.360 e. The Morgan fingerprint density at radius 1 is 0.893 bits per heavy atom. The number of carbonyl (C=O) groups excluding carboxylic acids is 1. The Balaban J connectivity index is 1.76. The second-order valence-corrected chi connectivity index (χ2v) is 8.23. The van der Waals surface area contributed by atoms with E-state index in [0.717, 1.165) is 11.1 Å². The molecule has 1 aliphatic rings. The molecular weight excluding hydrogens is 370 g/mol. The molecule has 1 heterocycles. The lowest BCUT2D eigenvalue weighted by molar-refractivity contribution is -0.146. The molecule has 142 valence electrons. The Morgan fingerprint density at radius 2 is 1.43 bits per heavy atom. The molecule has 1 saturated heterocycles. The summed E-state index contributed by atoms with van der Waals surface area (Å²) in [6.45, 7) is 0.283. The Morgan fingerprint density at radius 3 is 2.00 bits per heavy atom. The van der Waals surface area contributed by atoms with E-state index < -0.39 is 21.8 Å². The Labute approximate surface area is 167 Å². The quantitative estimate of drug-likeness (QED) is 0.600. The summed E-state index contributed by atoms with van der Waals surface area (Å²) in [6, 6.07) is 28.5. The summed E-state index contributed by atoms with van der Waals surface area (Å²) >= 11 is 0. The van der Waals surface area contributed by atoms with Crippen molar-refractivity contribution in [2.45, 2.75) is 17.6 Å². The first kappa shape index (κ1) is 18.6. The number of rotatable bonds is 6. The number of carbonyl (C=O) groups is 1. The highest BCUT2D eigenvalue weighted by atomic mass is 32.2. The van der Waals surface area contributed by atoms with E-state index in [1.54, 1.807) is 11.2 Å². The van der Waals surface area contributed by atoms with Crippen LogP contribution in [-0.2, 0) is 31.8 Å². The number of amides is 1. The summed E-state index contributed by atoms with van der Waals surface area (Å²) in [5.74, 6) is -0.179. The molecule has 1 aliphatic heterocycles. The number of benzene rings is 3. The van der Waals surface area contributed by atoms with Crippen LogP contribution < -0.4 is 4.90 Å². The van der Waals surface area contributed by atoms with Gasteiger partial charge in [-0.05, 0) is 23.3 Å². The highest BCUT2D eigenvalue weighted by Crippen LogP contribution is 2.48. The van der Waals surface area contributed by atoms with Crippen molar-refractivity contribution in [1.29, 1.82) is 0 Å². The van der Waals surface area contributed by atoms with Gasteiger partial charge in [0.15, 0.2) is 11.0 Å². The first-order valence-corrected chi connectivity index (χ1v) is 10.6. The zero-order valence-corrected chi connectivity index (χ0v) is 16.3. The summed E-state index contributed by atoms with van der Waals surface area (Å²) in [5.41, 5.74) is 2.49. The van der Waals surface area contributed by atoms with Crippen LogP contribution >= 0.6 is 0 Å². The van der Waals surface area contributed by atoms with E-state index in [4.69, 9.17) is 4.74 Å². The second-order valence-electron chi connectivity index (χ2n) is 6.70. The van der Waals surface area contributed by atoms with Gasteiger partial charge in [0.1, 0.15) is 0 Å². The van der Waals surface area contributed by atoms with Gasteiger partial charge in [-0.3, -0.25) is 13.9 Å². The van der Waals surface area contributed by atoms with Crippen LogP contribution in [0.5, 0.6) is 0 Å². The number of hydrogen-bond donors (Lipinski definition) is 0. The van der Waals surface area contributed by atoms with Crippen LogP contribution in [0.4, 0.5) is 5.69 Å². The standard InChI is InChI=1S/C23H21NO3S/c1-28(26)23(19-13-7-3-8-14-19)21(27-17-18-11-5-2-6-12-18)22(25)24(23)20-15-9-4-10-16-20/h2-16,21H,17H2,1H3. The van der Waals surface area contributed by atoms with Gasteiger partial charge in [0, 0.05) is 11.9 Å². The predicted octanol–water partition coefficient (Wildman–Crippen LogP) is 3.85. The number of anilines is 1. The number of β-lactam (4-membered cyclic amide) rings is 1. The number of nitrogens with zero attached hydrogens (tertiary/aromatic N) is 1. The van der Waals surface area contributed by atoms with Crippen molar-refractivity contribution in [3.63, 3.8) is 0 Å². The van der Waals surface area contributed by atoms with Crippen LogP contribution in [-0.4, -0.2) is 22.5 Å². The van der Waals surface area contributed by atoms with E-state index in [-0.39, 0.29) is 12.5 Å². The lowest BCUT2D eigenvalue weighted by Crippen LogP contribution is -2.75. The van der Waals surface area contributed by atoms with Crippen LogP contribution in [0.15, 0.2) is 91.0 Å². The average molecular weight is 391 g/mol. The summed E-state index contributed by atoms with van der Waals surface area (Å²) in [6.07, 6.45) is 0.815. The van der Waals surface area contributed by atoms with Crippen LogP contribution in [0.3, 0.4) is 0 Å². The van der Waals surface area contributed by atoms with Gasteiger partial charge in [-0.25, -0.2) is 0 Å². The minimum atomic E-state index is -1.39. The van der Waals surface area contributed by atoms with Crippen molar-refractivity contribution in [1.82, 2.24) is 0 Å². The summed E-state index contributed by atoms with van der Waals surface area (Å²) < 4.78 is 19.2. The summed E-state index contributed by atoms with van der Waals surface area (Å²) in [7, 11) is -1.39. The maximum Gasteiger partial charge on any atom is 0.261 e. The van der Waals surface area contributed by atoms with Gasteiger partial charge in [-0.2, -0.15) is 0 Å². The molecule has 1 fully saturated rings. The van der Waals surface area contributed by atoms with Gasteiger partial charge in [0.25, 0.3) is 5.91 Å². The topological polar surface area (TPSA) is 46.6 Å². The molecule has 0 bridgehead atoms. The summed E-state index contributed by atoms with van der Waals surface area (Å²) in [4.78, 5) is 13.7. The van der Waals surface area contributed by atoms with E-state index in [1.807, 2.05) is 91.0 Å². The lowest BCUT2D eigenvalue weighted by Gasteiger charge is -2.55. The lowest BCUT2D eigenvalue weighted by atomic mass is 9.88. The van der Waals surface area contributed by atoms with Crippen LogP contribution in [0.2, 0.25) is 0 Å². The molecule has 0 aliphatic carbocycles. The molecule has 3 aromatic rings. The normalized spacial score (nSPS) is 22.5. The number of hydrogen-bond acceptors (Lipinski definition) is 3. The Hall–Kier alpha value is -2.76. The molecule has 0 aromatic heterocycles. The highest BCUT2D eigenvalue weighted by molar-refractivity contribution is 7.85. The fourth-order valence-electron chi connectivity index (χ4n) is 3.74. The maximum absolute atomic E-state index is 13.1. The number of ether oxygens (including phenoxy) is 1. The SMILES string of the molecule is CS(=O)C1(c2ccccc2)C(OCc2ccccc2)C(=O)N1c1ccccc1. The third-order valence-electron chi connectivity index (χ3n) is 5.03. The van der Waals surface area contributed by atoms with Crippen molar-refractivity contribution >= 4 is 22.4 Å². The molecule has 28 heavy (non-hydrogen) atoms. The zero-order valence-electron chi connectivity index (χ0n) is 15.5. The van der Waals surface area contributed by atoms with E-state index in [1.165, 1.54) is 0 Å². The monoisotopic (exact) mass is 391 g/mol. The Kier molecular flexibility index (Phi) is 5.11. The van der Waals surface area contributed by atoms with Crippen molar-refractivity contribution in [3.05, 3.63) is 102 Å². The fourth-order valence-corrected chi connectivity index (χ4v) is 5.13. The van der Waals surface area contributed by atoms with Crippen molar-refractivity contribution < 1.29 is 13.7 Å². The highest BCUT2D eigenvalue weighted by Gasteiger charge is 2.65. The van der Waals surface area contributed by atoms with Gasteiger partial charge in [-0.15, -0.1) is 0 Å². The molecule has 3 unspecified atom stereocenters. The number of para-hydroxylation sites is 1. The van der Waals surface area contributed by atoms with Crippen molar-refractivity contribution in [3.8, 4) is 0 Å². The molecule has 5 heteroatoms. The molecule has 4 nitrogen and oxygen atoms in total. The van der Waals surface area contributed by atoms with Gasteiger partial charge in [-0.1, -0.05) is 78.9 Å². The second kappa shape index (κ2) is 7.70. The van der Waals surface area contributed by atoms with Crippen LogP contribution in [0.1, 0.15) is 11.1 Å². The van der Waals surface area contributed by atoms with Crippen LogP contribution in [0, 0.1) is 0 Å². The smallest absolute Gasteiger partial charge is 0.261 e. The van der Waals surface area contributed by atoms with Crippen molar-refractivity contribution in [2.24, 2.45) is 0 Å². The first-order chi connectivity index (χ1) is 13.7. The molecular formula is C23H21NO3S. The zero-order chi connectivity index (χ0) is 19.6. The Bertz CT molecular complexity index is 979. The molecule has 0 radical (unpaired) electrons. The molecule has 3 aromatic carbocycles. The molecule has 1 amide bonds. The maximum atomic E-state index is 13.1. The van der Waals surface area contributed by atoms with E-state index >= 15 is 0 Å². The van der Waals surface area contributed by atoms with E-state index in [0.29, 0.717) is 5.69 Å². The fraction of sp³-hybridized carbons (Fsp3) is 0.174. The molecule has 3 atom stereocenters. The first-order valence-electron chi connectivity index (χ1n) is 9.09. The third kappa shape index (κ3) is 2.97. The van der Waals surface area contributed by atoms with E-state index in [2.05, 4.69) is 0 Å².